The van der Waals surface area contributed by atoms with Gasteiger partial charge in [-0.25, -0.2) is 9.97 Å². The largest absolute Gasteiger partial charge is 0.261 e. The van der Waals surface area contributed by atoms with Crippen molar-refractivity contribution in [3.63, 3.8) is 0 Å². The summed E-state index contributed by atoms with van der Waals surface area (Å²) in [6, 6.07) is 2.08. The van der Waals surface area contributed by atoms with E-state index in [1.807, 2.05) is 6.21 Å². The Balaban J connectivity index is 1.92. The summed E-state index contributed by atoms with van der Waals surface area (Å²) in [4.78, 5) is 12.0. The molecule has 0 aromatic carbocycles. The smallest absolute Gasteiger partial charge is 0.158 e. The zero-order valence-corrected chi connectivity index (χ0v) is 13.1. The molecule has 0 spiro atoms. The molecular formula is C14H14N4S2. The number of aryl methyl sites for hydroxylation is 3. The van der Waals surface area contributed by atoms with E-state index in [1.54, 1.807) is 29.0 Å². The fourth-order valence-electron chi connectivity index (χ4n) is 1.94. The first-order chi connectivity index (χ1) is 9.66. The van der Waals surface area contributed by atoms with Gasteiger partial charge in [0.15, 0.2) is 5.82 Å². The monoisotopic (exact) mass is 302 g/mol. The van der Waals surface area contributed by atoms with Crippen molar-refractivity contribution in [2.75, 3.05) is 5.43 Å². The fourth-order valence-corrected chi connectivity index (χ4v) is 3.72. The zero-order valence-electron chi connectivity index (χ0n) is 11.5. The minimum absolute atomic E-state index is 0.766. The van der Waals surface area contributed by atoms with Crippen LogP contribution in [0.5, 0.6) is 0 Å². The van der Waals surface area contributed by atoms with E-state index in [9.17, 15) is 0 Å². The van der Waals surface area contributed by atoms with Crippen molar-refractivity contribution in [2.45, 2.75) is 20.8 Å². The molecule has 20 heavy (non-hydrogen) atoms. The van der Waals surface area contributed by atoms with Crippen LogP contribution in [0.4, 0.5) is 5.82 Å². The number of nitrogens with one attached hydrogen (secondary N) is 1. The van der Waals surface area contributed by atoms with Gasteiger partial charge in [0.1, 0.15) is 11.2 Å². The van der Waals surface area contributed by atoms with Crippen LogP contribution in [0.3, 0.4) is 0 Å². The molecule has 3 heterocycles. The topological polar surface area (TPSA) is 50.2 Å². The lowest BCUT2D eigenvalue weighted by Crippen LogP contribution is -1.95. The summed E-state index contributed by atoms with van der Waals surface area (Å²) in [7, 11) is 0. The van der Waals surface area contributed by atoms with Crippen LogP contribution in [-0.2, 0) is 0 Å². The number of hydrogen-bond donors (Lipinski definition) is 1. The Morgan fingerprint density at radius 1 is 1.25 bits per heavy atom. The van der Waals surface area contributed by atoms with Gasteiger partial charge in [0.2, 0.25) is 0 Å². The number of hydrogen-bond acceptors (Lipinski definition) is 6. The zero-order chi connectivity index (χ0) is 14.1. The van der Waals surface area contributed by atoms with Crippen LogP contribution < -0.4 is 5.43 Å². The standard InChI is InChI=1S/C14H14N4S2/c1-8-4-5-19-11(8)6-17-18-13-12-9(2)10(3)20-14(12)16-7-15-13/h4-7H,1-3H3,(H,15,16,18). The maximum atomic E-state index is 4.31. The lowest BCUT2D eigenvalue weighted by Gasteiger charge is -2.01. The summed E-state index contributed by atoms with van der Waals surface area (Å²) in [6.45, 7) is 6.27. The van der Waals surface area contributed by atoms with Crippen LogP contribution in [-0.4, -0.2) is 16.2 Å². The summed E-state index contributed by atoms with van der Waals surface area (Å²) < 4.78 is 0. The third-order valence-corrected chi connectivity index (χ3v) is 5.29. The quantitative estimate of drug-likeness (QED) is 0.585. The Kier molecular flexibility index (Phi) is 3.50. The van der Waals surface area contributed by atoms with Gasteiger partial charge >= 0.3 is 0 Å². The first-order valence-electron chi connectivity index (χ1n) is 6.20. The van der Waals surface area contributed by atoms with Crippen LogP contribution in [0.25, 0.3) is 10.2 Å². The lowest BCUT2D eigenvalue weighted by molar-refractivity contribution is 1.19. The van der Waals surface area contributed by atoms with E-state index in [2.05, 4.69) is 52.7 Å². The Labute approximate surface area is 125 Å². The summed E-state index contributed by atoms with van der Waals surface area (Å²) in [5.41, 5.74) is 5.49. The van der Waals surface area contributed by atoms with Crippen LogP contribution in [0.1, 0.15) is 20.9 Å². The fraction of sp³-hybridized carbons (Fsp3) is 0.214. The molecule has 0 aliphatic rings. The molecule has 1 N–H and O–H groups in total. The van der Waals surface area contributed by atoms with Gasteiger partial charge in [-0.05, 0) is 43.3 Å². The summed E-state index contributed by atoms with van der Waals surface area (Å²) in [6.07, 6.45) is 3.41. The van der Waals surface area contributed by atoms with Crippen LogP contribution in [0.2, 0.25) is 0 Å². The van der Waals surface area contributed by atoms with Gasteiger partial charge in [-0.15, -0.1) is 22.7 Å². The number of hydrazone groups is 1. The summed E-state index contributed by atoms with van der Waals surface area (Å²) in [5, 5.41) is 7.42. The molecule has 3 rings (SSSR count). The molecule has 102 valence electrons. The molecule has 0 atom stereocenters. The van der Waals surface area contributed by atoms with Crippen molar-refractivity contribution in [3.8, 4) is 0 Å². The first kappa shape index (κ1) is 13.2. The van der Waals surface area contributed by atoms with Crippen molar-refractivity contribution >= 4 is 44.9 Å². The molecule has 3 aromatic heterocycles. The van der Waals surface area contributed by atoms with E-state index in [4.69, 9.17) is 0 Å². The van der Waals surface area contributed by atoms with E-state index in [1.165, 1.54) is 16.0 Å². The predicted octanol–water partition coefficient (Wildman–Crippen LogP) is 4.12. The molecule has 0 aliphatic heterocycles. The highest BCUT2D eigenvalue weighted by atomic mass is 32.1. The molecular weight excluding hydrogens is 288 g/mol. The molecule has 6 heteroatoms. The second-order valence-electron chi connectivity index (χ2n) is 4.52. The molecule has 0 radical (unpaired) electrons. The number of fused-ring (bicyclic) bond motifs is 1. The third kappa shape index (κ3) is 2.32. The van der Waals surface area contributed by atoms with Gasteiger partial charge in [0, 0.05) is 9.75 Å². The maximum Gasteiger partial charge on any atom is 0.158 e. The normalized spacial score (nSPS) is 11.6. The predicted molar refractivity (Wildman–Crippen MR) is 87.2 cm³/mol. The highest BCUT2D eigenvalue weighted by Crippen LogP contribution is 2.32. The van der Waals surface area contributed by atoms with Gasteiger partial charge < -0.3 is 0 Å². The number of rotatable bonds is 3. The van der Waals surface area contributed by atoms with Crippen molar-refractivity contribution < 1.29 is 0 Å². The SMILES string of the molecule is Cc1ccsc1C=NNc1ncnc2sc(C)c(C)c12. The number of anilines is 1. The second kappa shape index (κ2) is 5.30. The highest BCUT2D eigenvalue weighted by Gasteiger charge is 2.11. The van der Waals surface area contributed by atoms with Crippen LogP contribution >= 0.6 is 22.7 Å². The minimum atomic E-state index is 0.766. The molecule has 0 amide bonds. The average molecular weight is 302 g/mol. The number of aromatic nitrogens is 2. The number of nitrogens with zero attached hydrogens (tertiary/aromatic N) is 3. The van der Waals surface area contributed by atoms with Crippen LogP contribution in [0.15, 0.2) is 22.9 Å². The van der Waals surface area contributed by atoms with E-state index >= 15 is 0 Å². The van der Waals surface area contributed by atoms with Crippen molar-refractivity contribution in [2.24, 2.45) is 5.10 Å². The Morgan fingerprint density at radius 3 is 2.85 bits per heavy atom. The van der Waals surface area contributed by atoms with E-state index < -0.39 is 0 Å². The Bertz CT molecular complexity index is 786. The maximum absolute atomic E-state index is 4.31. The van der Waals surface area contributed by atoms with Gasteiger partial charge in [-0.1, -0.05) is 0 Å². The number of thiophene rings is 2. The molecule has 0 saturated carbocycles. The third-order valence-electron chi connectivity index (χ3n) is 3.22. The van der Waals surface area contributed by atoms with Crippen molar-refractivity contribution in [3.05, 3.63) is 38.7 Å². The lowest BCUT2D eigenvalue weighted by atomic mass is 10.2. The summed E-state index contributed by atoms with van der Waals surface area (Å²) >= 11 is 3.36. The molecule has 3 aromatic rings. The van der Waals surface area contributed by atoms with Crippen LogP contribution in [0, 0.1) is 20.8 Å². The van der Waals surface area contributed by atoms with Crippen molar-refractivity contribution in [1.82, 2.24) is 9.97 Å². The van der Waals surface area contributed by atoms with Gasteiger partial charge in [-0.2, -0.15) is 5.10 Å². The van der Waals surface area contributed by atoms with E-state index in [-0.39, 0.29) is 0 Å². The average Bonchev–Trinajstić information content (AvgIpc) is 2.96. The molecule has 0 saturated heterocycles. The summed E-state index contributed by atoms with van der Waals surface area (Å²) in [5.74, 6) is 0.766. The molecule has 4 nitrogen and oxygen atoms in total. The molecule has 0 bridgehead atoms. The van der Waals surface area contributed by atoms with E-state index in [0.717, 1.165) is 20.9 Å². The molecule has 0 aliphatic carbocycles. The molecule has 0 fully saturated rings. The first-order valence-corrected chi connectivity index (χ1v) is 7.90. The van der Waals surface area contributed by atoms with E-state index in [0.29, 0.717) is 0 Å². The molecule has 0 unspecified atom stereocenters. The Morgan fingerprint density at radius 2 is 2.10 bits per heavy atom. The minimum Gasteiger partial charge on any atom is -0.261 e. The second-order valence-corrected chi connectivity index (χ2v) is 6.67. The Hall–Kier alpha value is -1.79. The van der Waals surface area contributed by atoms with Gasteiger partial charge in [0.05, 0.1) is 11.6 Å². The van der Waals surface area contributed by atoms with Gasteiger partial charge in [0.25, 0.3) is 0 Å². The van der Waals surface area contributed by atoms with Gasteiger partial charge in [-0.3, -0.25) is 5.43 Å². The highest BCUT2D eigenvalue weighted by molar-refractivity contribution is 7.18. The van der Waals surface area contributed by atoms with Crippen molar-refractivity contribution in [1.29, 1.82) is 0 Å².